The van der Waals surface area contributed by atoms with Crippen LogP contribution < -0.4 is 4.90 Å². The van der Waals surface area contributed by atoms with Crippen molar-refractivity contribution in [3.05, 3.63) is 65.7 Å². The molecule has 2 rings (SSSR count). The molecule has 0 heterocycles. The molecule has 0 unspecified atom stereocenters. The number of benzene rings is 2. The molecular weight excluding hydrogens is 258 g/mol. The average Bonchev–Trinajstić information content (AvgIpc) is 2.53. The van der Waals surface area contributed by atoms with Crippen molar-refractivity contribution < 1.29 is 5.11 Å². The van der Waals surface area contributed by atoms with E-state index in [-0.39, 0.29) is 6.10 Å². The first-order valence-electron chi connectivity index (χ1n) is 7.70. The van der Waals surface area contributed by atoms with Crippen LogP contribution in [0.25, 0.3) is 0 Å². The van der Waals surface area contributed by atoms with Crippen LogP contribution in [0.1, 0.15) is 44.4 Å². The highest BCUT2D eigenvalue weighted by molar-refractivity contribution is 5.49. The standard InChI is InChI=1S/C19H25NO/c1-4-19(21)17-10-12-18(13-11-17)20(15(2)3)14-16-8-6-5-7-9-16/h5-13,15,19,21H,4,14H2,1-3H3/t19-/m0/s1. The number of nitrogens with zero attached hydrogens (tertiary/aromatic N) is 1. The van der Waals surface area contributed by atoms with Crippen molar-refractivity contribution in [3.8, 4) is 0 Å². The molecule has 0 spiro atoms. The molecule has 0 radical (unpaired) electrons. The maximum absolute atomic E-state index is 9.89. The van der Waals surface area contributed by atoms with Crippen LogP contribution in [0.15, 0.2) is 54.6 Å². The van der Waals surface area contributed by atoms with Crippen LogP contribution in [0, 0.1) is 0 Å². The third kappa shape index (κ3) is 4.08. The zero-order valence-electron chi connectivity index (χ0n) is 13.2. The van der Waals surface area contributed by atoms with Gasteiger partial charge in [0.15, 0.2) is 0 Å². The van der Waals surface area contributed by atoms with E-state index >= 15 is 0 Å². The molecule has 0 aromatic heterocycles. The van der Waals surface area contributed by atoms with Gasteiger partial charge in [0.1, 0.15) is 0 Å². The number of hydrogen-bond acceptors (Lipinski definition) is 2. The maximum atomic E-state index is 9.89. The normalized spacial score (nSPS) is 12.4. The Bertz CT molecular complexity index is 533. The van der Waals surface area contributed by atoms with Gasteiger partial charge in [0.25, 0.3) is 0 Å². The number of hydrogen-bond donors (Lipinski definition) is 1. The monoisotopic (exact) mass is 283 g/mol. The fourth-order valence-electron chi connectivity index (χ4n) is 2.48. The van der Waals surface area contributed by atoms with Crippen molar-refractivity contribution in [1.82, 2.24) is 0 Å². The van der Waals surface area contributed by atoms with E-state index in [0.717, 1.165) is 18.5 Å². The second kappa shape index (κ2) is 7.28. The molecule has 21 heavy (non-hydrogen) atoms. The predicted octanol–water partition coefficient (Wildman–Crippen LogP) is 4.55. The lowest BCUT2D eigenvalue weighted by atomic mass is 10.1. The summed E-state index contributed by atoms with van der Waals surface area (Å²) in [5, 5.41) is 9.89. The number of anilines is 1. The van der Waals surface area contributed by atoms with E-state index in [9.17, 15) is 5.11 Å². The molecule has 0 aliphatic carbocycles. The SMILES string of the molecule is CC[C@H](O)c1ccc(N(Cc2ccccc2)C(C)C)cc1. The van der Waals surface area contributed by atoms with Crippen LogP contribution >= 0.6 is 0 Å². The first kappa shape index (κ1) is 15.6. The van der Waals surface area contributed by atoms with Crippen molar-refractivity contribution in [1.29, 1.82) is 0 Å². The quantitative estimate of drug-likeness (QED) is 0.841. The summed E-state index contributed by atoms with van der Waals surface area (Å²) in [6, 6.07) is 19.2. The van der Waals surface area contributed by atoms with E-state index in [0.29, 0.717) is 6.04 Å². The highest BCUT2D eigenvalue weighted by atomic mass is 16.3. The van der Waals surface area contributed by atoms with Gasteiger partial charge in [-0.3, -0.25) is 0 Å². The Morgan fingerprint density at radius 3 is 2.10 bits per heavy atom. The van der Waals surface area contributed by atoms with E-state index < -0.39 is 0 Å². The first-order valence-corrected chi connectivity index (χ1v) is 7.70. The molecule has 0 aliphatic rings. The molecule has 1 atom stereocenters. The van der Waals surface area contributed by atoms with E-state index in [1.807, 2.05) is 25.1 Å². The predicted molar refractivity (Wildman–Crippen MR) is 89.5 cm³/mol. The van der Waals surface area contributed by atoms with Crippen LogP contribution in [0.3, 0.4) is 0 Å². The Morgan fingerprint density at radius 2 is 1.57 bits per heavy atom. The van der Waals surface area contributed by atoms with E-state index in [1.165, 1.54) is 11.3 Å². The van der Waals surface area contributed by atoms with Gasteiger partial charge in [0.05, 0.1) is 6.10 Å². The molecule has 0 fully saturated rings. The fourth-order valence-corrected chi connectivity index (χ4v) is 2.48. The third-order valence-electron chi connectivity index (χ3n) is 3.82. The molecular formula is C19H25NO. The largest absolute Gasteiger partial charge is 0.388 e. The number of aliphatic hydroxyl groups excluding tert-OH is 1. The molecule has 112 valence electrons. The Kier molecular flexibility index (Phi) is 5.40. The summed E-state index contributed by atoms with van der Waals surface area (Å²) in [5.74, 6) is 0. The van der Waals surface area contributed by atoms with Gasteiger partial charge in [-0.05, 0) is 43.5 Å². The van der Waals surface area contributed by atoms with Crippen molar-refractivity contribution in [2.24, 2.45) is 0 Å². The minimum absolute atomic E-state index is 0.360. The number of aliphatic hydroxyl groups is 1. The Labute approximate surface area is 128 Å². The van der Waals surface area contributed by atoms with Gasteiger partial charge >= 0.3 is 0 Å². The molecule has 2 aromatic carbocycles. The lowest BCUT2D eigenvalue weighted by Crippen LogP contribution is -2.30. The van der Waals surface area contributed by atoms with Gasteiger partial charge in [-0.1, -0.05) is 49.4 Å². The molecule has 0 aliphatic heterocycles. The molecule has 1 N–H and O–H groups in total. The average molecular weight is 283 g/mol. The second-order valence-electron chi connectivity index (χ2n) is 5.72. The Balaban J connectivity index is 2.18. The summed E-state index contributed by atoms with van der Waals surface area (Å²) in [4.78, 5) is 2.37. The van der Waals surface area contributed by atoms with E-state index in [4.69, 9.17) is 0 Å². The second-order valence-corrected chi connectivity index (χ2v) is 5.72. The van der Waals surface area contributed by atoms with Crippen LogP contribution in [0.2, 0.25) is 0 Å². The lowest BCUT2D eigenvalue weighted by Gasteiger charge is -2.29. The summed E-state index contributed by atoms with van der Waals surface area (Å²) in [7, 11) is 0. The minimum atomic E-state index is -0.360. The van der Waals surface area contributed by atoms with Gasteiger partial charge in [0.2, 0.25) is 0 Å². The van der Waals surface area contributed by atoms with Gasteiger partial charge in [0, 0.05) is 18.3 Å². The summed E-state index contributed by atoms with van der Waals surface area (Å²) in [5.41, 5.74) is 3.49. The van der Waals surface area contributed by atoms with Gasteiger partial charge in [-0.2, -0.15) is 0 Å². The van der Waals surface area contributed by atoms with E-state index in [1.54, 1.807) is 0 Å². The van der Waals surface area contributed by atoms with Gasteiger partial charge in [-0.25, -0.2) is 0 Å². The Morgan fingerprint density at radius 1 is 0.952 bits per heavy atom. The minimum Gasteiger partial charge on any atom is -0.388 e. The molecule has 2 nitrogen and oxygen atoms in total. The third-order valence-corrected chi connectivity index (χ3v) is 3.82. The fraction of sp³-hybridized carbons (Fsp3) is 0.368. The molecule has 2 aromatic rings. The molecule has 0 saturated carbocycles. The van der Waals surface area contributed by atoms with Crippen molar-refractivity contribution in [2.75, 3.05) is 4.90 Å². The topological polar surface area (TPSA) is 23.5 Å². The smallest absolute Gasteiger partial charge is 0.0787 e. The highest BCUT2D eigenvalue weighted by Gasteiger charge is 2.12. The van der Waals surface area contributed by atoms with Crippen LogP contribution in [-0.2, 0) is 6.54 Å². The zero-order valence-corrected chi connectivity index (χ0v) is 13.2. The summed E-state index contributed by atoms with van der Waals surface area (Å²) in [6.07, 6.45) is 0.387. The Hall–Kier alpha value is -1.80. The highest BCUT2D eigenvalue weighted by Crippen LogP contribution is 2.24. The van der Waals surface area contributed by atoms with Crippen molar-refractivity contribution in [2.45, 2.75) is 45.9 Å². The summed E-state index contributed by atoms with van der Waals surface area (Å²) < 4.78 is 0. The number of rotatable bonds is 6. The maximum Gasteiger partial charge on any atom is 0.0787 e. The lowest BCUT2D eigenvalue weighted by molar-refractivity contribution is 0.173. The van der Waals surface area contributed by atoms with Crippen LogP contribution in [-0.4, -0.2) is 11.1 Å². The van der Waals surface area contributed by atoms with Gasteiger partial charge in [-0.15, -0.1) is 0 Å². The van der Waals surface area contributed by atoms with Crippen molar-refractivity contribution in [3.63, 3.8) is 0 Å². The zero-order chi connectivity index (χ0) is 15.2. The summed E-state index contributed by atoms with van der Waals surface area (Å²) >= 11 is 0. The van der Waals surface area contributed by atoms with E-state index in [2.05, 4.69) is 55.1 Å². The molecule has 2 heteroatoms. The summed E-state index contributed by atoms with van der Waals surface area (Å²) in [6.45, 7) is 7.30. The van der Waals surface area contributed by atoms with Crippen molar-refractivity contribution >= 4 is 5.69 Å². The first-order chi connectivity index (χ1) is 10.1. The molecule has 0 bridgehead atoms. The van der Waals surface area contributed by atoms with Gasteiger partial charge < -0.3 is 10.0 Å². The van der Waals surface area contributed by atoms with Crippen LogP contribution in [0.4, 0.5) is 5.69 Å². The van der Waals surface area contributed by atoms with Crippen LogP contribution in [0.5, 0.6) is 0 Å². The molecule has 0 saturated heterocycles. The molecule has 0 amide bonds.